The van der Waals surface area contributed by atoms with Crippen LogP contribution in [0.4, 0.5) is 33.1 Å². The van der Waals surface area contributed by atoms with Crippen molar-refractivity contribution in [3.8, 4) is 5.75 Å². The molecule has 1 unspecified atom stereocenters. The standard InChI is InChI=1S/C29H34FN7O3/c1-4-29(38)34-23-16-24(26(39-3)17-25(23)36-11-9-35(2)10-12-36)33-27-18-28(32-19-31-27)37-22(8-13-40-37)15-20-6-5-7-21(30)14-20/h4-7,14,16-19,22H,1,8-13,15H2,2-3H3,(H,34,38)(H,31,32,33). The number of hydroxylamine groups is 1. The molecule has 3 aromatic rings. The van der Waals surface area contributed by atoms with Gasteiger partial charge in [-0.15, -0.1) is 0 Å². The third-order valence-electron chi connectivity index (χ3n) is 7.12. The zero-order chi connectivity index (χ0) is 28.1. The molecule has 40 heavy (non-hydrogen) atoms. The van der Waals surface area contributed by atoms with E-state index in [9.17, 15) is 9.18 Å². The van der Waals surface area contributed by atoms with Crippen molar-refractivity contribution in [3.05, 3.63) is 72.8 Å². The van der Waals surface area contributed by atoms with Gasteiger partial charge in [0.2, 0.25) is 5.91 Å². The quantitative estimate of drug-likeness (QED) is 0.386. The Balaban J connectivity index is 1.40. The highest BCUT2D eigenvalue weighted by atomic mass is 19.1. The number of rotatable bonds is 9. The second kappa shape index (κ2) is 12.3. The maximum absolute atomic E-state index is 13.7. The van der Waals surface area contributed by atoms with E-state index >= 15 is 0 Å². The lowest BCUT2D eigenvalue weighted by Crippen LogP contribution is -2.44. The topological polar surface area (TPSA) is 95.1 Å². The molecule has 3 heterocycles. The van der Waals surface area contributed by atoms with Gasteiger partial charge < -0.3 is 25.2 Å². The van der Waals surface area contributed by atoms with Gasteiger partial charge in [0.05, 0.1) is 36.8 Å². The number of aromatic nitrogens is 2. The first-order valence-corrected chi connectivity index (χ1v) is 13.3. The molecule has 0 radical (unpaired) electrons. The number of benzene rings is 2. The fourth-order valence-corrected chi connectivity index (χ4v) is 4.99. The van der Waals surface area contributed by atoms with E-state index in [1.54, 1.807) is 30.4 Å². The molecule has 1 atom stereocenters. The highest BCUT2D eigenvalue weighted by Crippen LogP contribution is 2.39. The van der Waals surface area contributed by atoms with Crippen molar-refractivity contribution in [1.29, 1.82) is 0 Å². The van der Waals surface area contributed by atoms with Gasteiger partial charge in [-0.25, -0.2) is 19.4 Å². The van der Waals surface area contributed by atoms with Gasteiger partial charge in [-0.3, -0.25) is 9.63 Å². The molecule has 1 amide bonds. The van der Waals surface area contributed by atoms with Gasteiger partial charge >= 0.3 is 0 Å². The predicted molar refractivity (Wildman–Crippen MR) is 154 cm³/mol. The van der Waals surface area contributed by atoms with E-state index < -0.39 is 0 Å². The van der Waals surface area contributed by atoms with Crippen molar-refractivity contribution in [3.63, 3.8) is 0 Å². The van der Waals surface area contributed by atoms with Gasteiger partial charge in [-0.1, -0.05) is 18.7 Å². The van der Waals surface area contributed by atoms with Gasteiger partial charge in [-0.2, -0.15) is 0 Å². The monoisotopic (exact) mass is 547 g/mol. The van der Waals surface area contributed by atoms with E-state index in [0.29, 0.717) is 41.8 Å². The number of hydrogen-bond acceptors (Lipinski definition) is 9. The number of piperazine rings is 1. The SMILES string of the molecule is C=CC(=O)Nc1cc(Nc2cc(N3OCCC3Cc3cccc(F)c3)ncn2)c(OC)cc1N1CCN(C)CC1. The Morgan fingerprint density at radius 3 is 2.75 bits per heavy atom. The summed E-state index contributed by atoms with van der Waals surface area (Å²) in [5.74, 6) is 1.16. The lowest BCUT2D eigenvalue weighted by molar-refractivity contribution is -0.111. The molecule has 0 bridgehead atoms. The molecule has 11 heteroatoms. The first-order chi connectivity index (χ1) is 19.4. The molecule has 5 rings (SSSR count). The smallest absolute Gasteiger partial charge is 0.247 e. The first-order valence-electron chi connectivity index (χ1n) is 13.3. The van der Waals surface area contributed by atoms with Crippen LogP contribution in [-0.4, -0.2) is 73.8 Å². The maximum atomic E-state index is 13.7. The fraction of sp³-hybridized carbons (Fsp3) is 0.345. The molecule has 0 spiro atoms. The molecule has 2 aliphatic rings. The minimum Gasteiger partial charge on any atom is -0.494 e. The van der Waals surface area contributed by atoms with Crippen LogP contribution in [0.3, 0.4) is 0 Å². The number of carbonyl (C=O) groups is 1. The Morgan fingerprint density at radius 2 is 2.00 bits per heavy atom. The Hall–Kier alpha value is -4.22. The molecule has 2 aromatic carbocycles. The summed E-state index contributed by atoms with van der Waals surface area (Å²) in [6.07, 6.45) is 4.12. The molecular formula is C29H34FN7O3. The first kappa shape index (κ1) is 27.4. The molecule has 0 saturated carbocycles. The largest absolute Gasteiger partial charge is 0.494 e. The number of nitrogens with one attached hydrogen (secondary N) is 2. The van der Waals surface area contributed by atoms with Crippen molar-refractivity contribution in [1.82, 2.24) is 14.9 Å². The van der Waals surface area contributed by atoms with Crippen LogP contribution >= 0.6 is 0 Å². The van der Waals surface area contributed by atoms with Gasteiger partial charge in [0.25, 0.3) is 0 Å². The predicted octanol–water partition coefficient (Wildman–Crippen LogP) is 4.00. The summed E-state index contributed by atoms with van der Waals surface area (Å²) < 4.78 is 19.5. The van der Waals surface area contributed by atoms with E-state index in [-0.39, 0.29) is 17.8 Å². The Kier molecular flexibility index (Phi) is 8.42. The third-order valence-corrected chi connectivity index (χ3v) is 7.12. The molecule has 210 valence electrons. The normalized spacial score (nSPS) is 17.5. The van der Waals surface area contributed by atoms with E-state index in [4.69, 9.17) is 9.57 Å². The number of carbonyl (C=O) groups excluding carboxylic acids is 1. The van der Waals surface area contributed by atoms with Gasteiger partial charge in [-0.05, 0) is 49.7 Å². The molecule has 1 aromatic heterocycles. The molecule has 2 fully saturated rings. The third kappa shape index (κ3) is 6.32. The van der Waals surface area contributed by atoms with Crippen molar-refractivity contribution < 1.29 is 18.8 Å². The average molecular weight is 548 g/mol. The molecule has 2 aliphatic heterocycles. The fourth-order valence-electron chi connectivity index (χ4n) is 4.99. The number of likely N-dealkylation sites (N-methyl/N-ethyl adjacent to an activating group) is 1. The minimum atomic E-state index is -0.300. The number of nitrogens with zero attached hydrogens (tertiary/aromatic N) is 5. The summed E-state index contributed by atoms with van der Waals surface area (Å²) in [5.41, 5.74) is 3.04. The highest BCUT2D eigenvalue weighted by Gasteiger charge is 2.28. The minimum absolute atomic E-state index is 0.00248. The number of halogens is 1. The number of amides is 1. The Morgan fingerprint density at radius 1 is 1.18 bits per heavy atom. The Bertz CT molecular complexity index is 1360. The summed E-state index contributed by atoms with van der Waals surface area (Å²) in [6.45, 7) is 7.62. The van der Waals surface area contributed by atoms with E-state index in [2.05, 4.69) is 44.0 Å². The van der Waals surface area contributed by atoms with Gasteiger partial charge in [0.1, 0.15) is 23.7 Å². The van der Waals surface area contributed by atoms with Gasteiger partial charge in [0, 0.05) is 38.3 Å². The van der Waals surface area contributed by atoms with Crippen LogP contribution in [0.25, 0.3) is 0 Å². The lowest BCUT2D eigenvalue weighted by Gasteiger charge is -2.35. The second-order valence-corrected chi connectivity index (χ2v) is 9.88. The van der Waals surface area contributed by atoms with Crippen LogP contribution in [0, 0.1) is 5.82 Å². The summed E-state index contributed by atoms with van der Waals surface area (Å²) in [6, 6.07) is 12.2. The molecule has 0 aliphatic carbocycles. The van der Waals surface area contributed by atoms with Crippen LogP contribution in [0.5, 0.6) is 5.75 Å². The number of methoxy groups -OCH3 is 1. The van der Waals surface area contributed by atoms with Crippen molar-refractivity contribution in [2.24, 2.45) is 0 Å². The second-order valence-electron chi connectivity index (χ2n) is 9.88. The summed E-state index contributed by atoms with van der Waals surface area (Å²) >= 11 is 0. The lowest BCUT2D eigenvalue weighted by atomic mass is 10.0. The summed E-state index contributed by atoms with van der Waals surface area (Å²) in [4.78, 5) is 31.5. The molecule has 2 N–H and O–H groups in total. The average Bonchev–Trinajstić information content (AvgIpc) is 3.42. The number of hydrogen-bond donors (Lipinski definition) is 2. The number of anilines is 5. The summed E-state index contributed by atoms with van der Waals surface area (Å²) in [7, 11) is 3.70. The van der Waals surface area contributed by atoms with Crippen LogP contribution < -0.4 is 25.3 Å². The molecular weight excluding hydrogens is 513 g/mol. The zero-order valence-corrected chi connectivity index (χ0v) is 22.8. The van der Waals surface area contributed by atoms with Gasteiger partial charge in [0.15, 0.2) is 5.82 Å². The maximum Gasteiger partial charge on any atom is 0.247 e. The van der Waals surface area contributed by atoms with Crippen molar-refractivity contribution >= 4 is 34.6 Å². The molecule has 10 nitrogen and oxygen atoms in total. The van der Waals surface area contributed by atoms with Crippen LogP contribution in [0.2, 0.25) is 0 Å². The van der Waals surface area contributed by atoms with Crippen LogP contribution in [-0.2, 0) is 16.1 Å². The highest BCUT2D eigenvalue weighted by molar-refractivity contribution is 6.02. The summed E-state index contributed by atoms with van der Waals surface area (Å²) in [5, 5.41) is 8.02. The van der Waals surface area contributed by atoms with Crippen LogP contribution in [0.15, 0.2) is 61.4 Å². The zero-order valence-electron chi connectivity index (χ0n) is 22.8. The number of ether oxygens (including phenoxy) is 1. The van der Waals surface area contributed by atoms with E-state index in [0.717, 1.165) is 43.9 Å². The van der Waals surface area contributed by atoms with E-state index in [1.165, 1.54) is 18.5 Å². The van der Waals surface area contributed by atoms with Crippen molar-refractivity contribution in [2.45, 2.75) is 18.9 Å². The van der Waals surface area contributed by atoms with E-state index in [1.807, 2.05) is 18.2 Å². The van der Waals surface area contributed by atoms with Crippen LogP contribution in [0.1, 0.15) is 12.0 Å². The van der Waals surface area contributed by atoms with Crippen molar-refractivity contribution in [2.75, 3.05) is 67.5 Å². The molecule has 2 saturated heterocycles. The Labute approximate surface area is 233 Å².